The number of carbonyl (C=O) groups excluding carboxylic acids is 2. The summed E-state index contributed by atoms with van der Waals surface area (Å²) in [6.07, 6.45) is 4.60. The van der Waals surface area contributed by atoms with Crippen LogP contribution in [0.2, 0.25) is 0 Å². The molecule has 0 fully saturated rings. The lowest BCUT2D eigenvalue weighted by Gasteiger charge is -2.20. The first-order valence-corrected chi connectivity index (χ1v) is 10.9. The molecule has 0 saturated carbocycles. The summed E-state index contributed by atoms with van der Waals surface area (Å²) in [5.41, 5.74) is 3.23. The Morgan fingerprint density at radius 3 is 2.40 bits per heavy atom. The van der Waals surface area contributed by atoms with Gasteiger partial charge >= 0.3 is 0 Å². The van der Waals surface area contributed by atoms with Gasteiger partial charge in [0.2, 0.25) is 5.91 Å². The van der Waals surface area contributed by atoms with Crippen molar-refractivity contribution in [2.45, 2.75) is 46.0 Å². The van der Waals surface area contributed by atoms with Crippen LogP contribution in [0.15, 0.2) is 48.5 Å². The Hall–Kier alpha value is -2.82. The molecule has 5 nitrogen and oxygen atoms in total. The first-order valence-electron chi connectivity index (χ1n) is 10.9. The van der Waals surface area contributed by atoms with E-state index >= 15 is 0 Å². The Balaban J connectivity index is 2.09. The highest BCUT2D eigenvalue weighted by Crippen LogP contribution is 2.24. The molecule has 2 aromatic carbocycles. The number of nitrogens with one attached hydrogen (secondary N) is 2. The van der Waals surface area contributed by atoms with Crippen LogP contribution < -0.4 is 15.5 Å². The minimum absolute atomic E-state index is 0.00150. The predicted molar refractivity (Wildman–Crippen MR) is 125 cm³/mol. The number of amides is 2. The predicted octanol–water partition coefficient (Wildman–Crippen LogP) is 4.88. The van der Waals surface area contributed by atoms with Gasteiger partial charge in [-0.3, -0.25) is 9.59 Å². The Bertz CT molecular complexity index is 818. The number of nitrogens with zero attached hydrogens (tertiary/aromatic N) is 1. The highest BCUT2D eigenvalue weighted by Gasteiger charge is 2.18. The van der Waals surface area contributed by atoms with E-state index in [-0.39, 0.29) is 17.7 Å². The SMILES string of the molecule is CCCCC(CC)C(=O)Nc1ccc(N(C)C)c(C(=O)NCCc2ccccc2)c1. The summed E-state index contributed by atoms with van der Waals surface area (Å²) in [6, 6.07) is 15.6. The molecular weight excluding hydrogens is 374 g/mol. The molecular formula is C25H35N3O2. The third kappa shape index (κ3) is 6.90. The molecule has 0 heterocycles. The second kappa shape index (κ2) is 12.0. The molecule has 1 unspecified atom stereocenters. The number of carbonyl (C=O) groups is 2. The van der Waals surface area contributed by atoms with E-state index < -0.39 is 0 Å². The molecule has 0 aliphatic heterocycles. The largest absolute Gasteiger partial charge is 0.377 e. The van der Waals surface area contributed by atoms with Gasteiger partial charge in [-0.05, 0) is 43.0 Å². The number of hydrogen-bond acceptors (Lipinski definition) is 3. The number of rotatable bonds is 11. The van der Waals surface area contributed by atoms with Crippen LogP contribution in [0.1, 0.15) is 55.5 Å². The van der Waals surface area contributed by atoms with E-state index in [1.165, 1.54) is 5.56 Å². The van der Waals surface area contributed by atoms with Gasteiger partial charge in [0, 0.05) is 37.9 Å². The zero-order valence-electron chi connectivity index (χ0n) is 18.7. The van der Waals surface area contributed by atoms with Gasteiger partial charge in [0.15, 0.2) is 0 Å². The van der Waals surface area contributed by atoms with Gasteiger partial charge < -0.3 is 15.5 Å². The highest BCUT2D eigenvalue weighted by molar-refractivity contribution is 6.02. The summed E-state index contributed by atoms with van der Waals surface area (Å²) in [6.45, 7) is 4.73. The minimum Gasteiger partial charge on any atom is -0.377 e. The van der Waals surface area contributed by atoms with Crippen LogP contribution in [0.4, 0.5) is 11.4 Å². The second-order valence-electron chi connectivity index (χ2n) is 7.85. The van der Waals surface area contributed by atoms with Gasteiger partial charge in [-0.1, -0.05) is 57.0 Å². The molecule has 0 bridgehead atoms. The van der Waals surface area contributed by atoms with Gasteiger partial charge in [-0.25, -0.2) is 0 Å². The summed E-state index contributed by atoms with van der Waals surface area (Å²) >= 11 is 0. The van der Waals surface area contributed by atoms with Crippen LogP contribution in [0.3, 0.4) is 0 Å². The van der Waals surface area contributed by atoms with Crippen molar-refractivity contribution < 1.29 is 9.59 Å². The number of anilines is 2. The molecule has 2 aromatic rings. The van der Waals surface area contributed by atoms with Crippen molar-refractivity contribution in [3.05, 3.63) is 59.7 Å². The van der Waals surface area contributed by atoms with Crippen molar-refractivity contribution in [1.82, 2.24) is 5.32 Å². The Morgan fingerprint density at radius 1 is 1.03 bits per heavy atom. The summed E-state index contributed by atoms with van der Waals surface area (Å²) in [4.78, 5) is 27.4. The Kier molecular flexibility index (Phi) is 9.39. The average molecular weight is 410 g/mol. The van der Waals surface area contributed by atoms with Crippen LogP contribution in [0.25, 0.3) is 0 Å². The standard InChI is InChI=1S/C25H35N3O2/c1-5-7-13-20(6-2)24(29)27-21-14-15-23(28(3)4)22(18-21)25(30)26-17-16-19-11-9-8-10-12-19/h8-12,14-15,18,20H,5-7,13,16-17H2,1-4H3,(H,26,30)(H,27,29). The maximum atomic E-state index is 12.9. The average Bonchev–Trinajstić information content (AvgIpc) is 2.74. The summed E-state index contributed by atoms with van der Waals surface area (Å²) in [5, 5.41) is 6.01. The van der Waals surface area contributed by atoms with Gasteiger partial charge in [0.1, 0.15) is 0 Å². The smallest absolute Gasteiger partial charge is 0.253 e. The van der Waals surface area contributed by atoms with Crippen molar-refractivity contribution in [2.24, 2.45) is 5.92 Å². The van der Waals surface area contributed by atoms with Gasteiger partial charge in [-0.15, -0.1) is 0 Å². The van der Waals surface area contributed by atoms with Crippen molar-refractivity contribution in [3.63, 3.8) is 0 Å². The van der Waals surface area contributed by atoms with E-state index in [1.807, 2.05) is 56.3 Å². The fourth-order valence-corrected chi connectivity index (χ4v) is 3.46. The molecule has 0 radical (unpaired) electrons. The van der Waals surface area contributed by atoms with E-state index in [0.717, 1.165) is 37.8 Å². The Morgan fingerprint density at radius 2 is 1.77 bits per heavy atom. The first-order chi connectivity index (χ1) is 14.5. The molecule has 0 aliphatic carbocycles. The summed E-state index contributed by atoms with van der Waals surface area (Å²) < 4.78 is 0. The van der Waals surface area contributed by atoms with E-state index in [9.17, 15) is 9.59 Å². The molecule has 0 saturated heterocycles. The normalized spacial score (nSPS) is 11.6. The molecule has 2 N–H and O–H groups in total. The monoisotopic (exact) mass is 409 g/mol. The fraction of sp³-hybridized carbons (Fsp3) is 0.440. The van der Waals surface area contributed by atoms with Crippen molar-refractivity contribution in [1.29, 1.82) is 0 Å². The molecule has 2 rings (SSSR count). The molecule has 0 spiro atoms. The van der Waals surface area contributed by atoms with Crippen LogP contribution in [-0.4, -0.2) is 32.5 Å². The lowest BCUT2D eigenvalue weighted by molar-refractivity contribution is -0.120. The van der Waals surface area contributed by atoms with Crippen molar-refractivity contribution in [2.75, 3.05) is 30.9 Å². The molecule has 1 atom stereocenters. The zero-order valence-corrected chi connectivity index (χ0v) is 18.7. The second-order valence-corrected chi connectivity index (χ2v) is 7.85. The van der Waals surface area contributed by atoms with E-state index in [2.05, 4.69) is 29.7 Å². The number of benzene rings is 2. The lowest BCUT2D eigenvalue weighted by Crippen LogP contribution is -2.28. The molecule has 30 heavy (non-hydrogen) atoms. The lowest BCUT2D eigenvalue weighted by atomic mass is 9.98. The zero-order chi connectivity index (χ0) is 21.9. The number of unbranched alkanes of at least 4 members (excludes halogenated alkanes) is 1. The van der Waals surface area contributed by atoms with Gasteiger partial charge in [-0.2, -0.15) is 0 Å². The third-order valence-electron chi connectivity index (χ3n) is 5.30. The van der Waals surface area contributed by atoms with Crippen LogP contribution in [-0.2, 0) is 11.2 Å². The number of hydrogen-bond donors (Lipinski definition) is 2. The maximum absolute atomic E-state index is 12.9. The van der Waals surface area contributed by atoms with E-state index in [1.54, 1.807) is 6.07 Å². The third-order valence-corrected chi connectivity index (χ3v) is 5.30. The van der Waals surface area contributed by atoms with E-state index in [0.29, 0.717) is 17.8 Å². The fourth-order valence-electron chi connectivity index (χ4n) is 3.46. The van der Waals surface area contributed by atoms with Crippen LogP contribution >= 0.6 is 0 Å². The quantitative estimate of drug-likeness (QED) is 0.556. The molecule has 162 valence electrons. The van der Waals surface area contributed by atoms with Crippen molar-refractivity contribution >= 4 is 23.2 Å². The molecule has 2 amide bonds. The van der Waals surface area contributed by atoms with Crippen LogP contribution in [0.5, 0.6) is 0 Å². The van der Waals surface area contributed by atoms with Crippen molar-refractivity contribution in [3.8, 4) is 0 Å². The highest BCUT2D eigenvalue weighted by atomic mass is 16.2. The van der Waals surface area contributed by atoms with E-state index in [4.69, 9.17) is 0 Å². The Labute approximate surface area is 180 Å². The van der Waals surface area contributed by atoms with Crippen LogP contribution in [0, 0.1) is 5.92 Å². The first kappa shape index (κ1) is 23.5. The van der Waals surface area contributed by atoms with Gasteiger partial charge in [0.25, 0.3) is 5.91 Å². The molecule has 5 heteroatoms. The topological polar surface area (TPSA) is 61.4 Å². The summed E-state index contributed by atoms with van der Waals surface area (Å²) in [5.74, 6) is -0.107. The van der Waals surface area contributed by atoms with Gasteiger partial charge in [0.05, 0.1) is 5.56 Å². The molecule has 0 aromatic heterocycles. The minimum atomic E-state index is -0.135. The molecule has 0 aliphatic rings. The maximum Gasteiger partial charge on any atom is 0.253 e. The summed E-state index contributed by atoms with van der Waals surface area (Å²) in [7, 11) is 3.82.